The fraction of sp³-hybridized carbons (Fsp3) is 0.632. The van der Waals surface area contributed by atoms with Gasteiger partial charge in [-0.15, -0.1) is 0 Å². The van der Waals surface area contributed by atoms with Crippen molar-refractivity contribution in [3.05, 3.63) is 170 Å². The number of aliphatic hydroxyl groups excluding tert-OH is 1. The molecule has 0 spiro atoms. The Morgan fingerprint density at radius 2 is 0.519 bits per heavy atom. The predicted octanol–water partition coefficient (Wildman–Crippen LogP) is 23.8. The summed E-state index contributed by atoms with van der Waals surface area (Å²) < 4.78 is 68.5. The van der Waals surface area contributed by atoms with Crippen molar-refractivity contribution in [3.8, 4) is 0 Å². The van der Waals surface area contributed by atoms with Gasteiger partial charge in [0.05, 0.1) is 26.4 Å². The van der Waals surface area contributed by atoms with Crippen molar-refractivity contribution in [1.82, 2.24) is 0 Å². The van der Waals surface area contributed by atoms with E-state index < -0.39 is 97.5 Å². The first-order valence-corrected chi connectivity index (χ1v) is 43.4. The van der Waals surface area contributed by atoms with Crippen LogP contribution < -0.4 is 0 Å². The summed E-state index contributed by atoms with van der Waals surface area (Å²) in [6, 6.07) is 0. The molecule has 0 heterocycles. The van der Waals surface area contributed by atoms with Gasteiger partial charge < -0.3 is 33.8 Å². The van der Waals surface area contributed by atoms with Crippen molar-refractivity contribution >= 4 is 39.5 Å². The molecule has 0 amide bonds. The Balaban J connectivity index is 5.52. The maximum atomic E-state index is 13.1. The van der Waals surface area contributed by atoms with Crippen molar-refractivity contribution in [2.45, 2.75) is 316 Å². The van der Waals surface area contributed by atoms with Gasteiger partial charge in [0.25, 0.3) is 0 Å². The maximum Gasteiger partial charge on any atom is 0.472 e. The van der Waals surface area contributed by atoms with E-state index in [-0.39, 0.29) is 25.7 Å². The lowest BCUT2D eigenvalue weighted by molar-refractivity contribution is -0.161. The van der Waals surface area contributed by atoms with Crippen LogP contribution in [0, 0.1) is 0 Å². The SMILES string of the molecule is CC/C=C\C/C=C\C/C=C\C/C=C\C/C=C\C/C=C\CCC(=O)OCC(COP(=O)(O)OCC(O)COP(=O)(O)OCC(COC(=O)CCCCCCC/C=C\C/C=C\CCCCC)OC(=O)CCCCCCC/C=C\CCCCCCCC)OC(=O)CCC/C=C\C/C=C\C/C=C\C/C=C\C/C=C\CC. The molecule has 106 heavy (non-hydrogen) atoms. The number of hydrogen-bond donors (Lipinski definition) is 3. The van der Waals surface area contributed by atoms with Crippen molar-refractivity contribution < 1.29 is 80.2 Å². The largest absolute Gasteiger partial charge is 0.472 e. The Labute approximate surface area is 642 Å². The Hall–Kier alpha value is -5.58. The second-order valence-electron chi connectivity index (χ2n) is 26.2. The van der Waals surface area contributed by atoms with Crippen LogP contribution in [-0.4, -0.2) is 96.7 Å². The van der Waals surface area contributed by atoms with E-state index in [1.165, 1.54) is 57.8 Å². The molecule has 0 aliphatic heterocycles. The summed E-state index contributed by atoms with van der Waals surface area (Å²) >= 11 is 0. The third kappa shape index (κ3) is 76.6. The van der Waals surface area contributed by atoms with Gasteiger partial charge in [-0.05, 0) is 161 Å². The molecule has 0 saturated heterocycles. The molecule has 0 saturated carbocycles. The number of phosphoric acid groups is 2. The van der Waals surface area contributed by atoms with E-state index in [2.05, 4.69) is 167 Å². The van der Waals surface area contributed by atoms with Crippen LogP contribution in [0.5, 0.6) is 0 Å². The number of ether oxygens (including phenoxy) is 4. The lowest BCUT2D eigenvalue weighted by Gasteiger charge is -2.21. The molecular weight excluding hydrogens is 1380 g/mol. The average molecular weight is 1520 g/mol. The smallest absolute Gasteiger partial charge is 0.462 e. The molecule has 602 valence electrons. The number of carbonyl (C=O) groups excluding carboxylic acids is 4. The zero-order valence-electron chi connectivity index (χ0n) is 65.8. The minimum atomic E-state index is -5.02. The van der Waals surface area contributed by atoms with Gasteiger partial charge in [0.15, 0.2) is 12.2 Å². The Bertz CT molecular complexity index is 2680. The number of allylic oxidation sites excluding steroid dienone is 28. The van der Waals surface area contributed by atoms with Crippen molar-refractivity contribution in [2.24, 2.45) is 0 Å². The van der Waals surface area contributed by atoms with E-state index in [9.17, 15) is 43.2 Å². The lowest BCUT2D eigenvalue weighted by Crippen LogP contribution is -2.30. The monoisotopic (exact) mass is 1520 g/mol. The molecule has 0 aromatic rings. The number of rotatable bonds is 74. The lowest BCUT2D eigenvalue weighted by atomic mass is 10.1. The van der Waals surface area contributed by atoms with E-state index in [1.54, 1.807) is 0 Å². The summed E-state index contributed by atoms with van der Waals surface area (Å²) in [5.41, 5.74) is 0. The van der Waals surface area contributed by atoms with Crippen LogP contribution >= 0.6 is 15.6 Å². The van der Waals surface area contributed by atoms with Crippen LogP contribution in [0.15, 0.2) is 170 Å². The van der Waals surface area contributed by atoms with E-state index in [0.29, 0.717) is 38.5 Å². The van der Waals surface area contributed by atoms with E-state index >= 15 is 0 Å². The number of unbranched alkanes of at least 4 members (excludes halogenated alkanes) is 20. The Morgan fingerprint density at radius 1 is 0.274 bits per heavy atom. The first kappa shape index (κ1) is 100. The number of esters is 4. The molecule has 0 fully saturated rings. The molecule has 3 N–H and O–H groups in total. The summed E-state index contributed by atoms with van der Waals surface area (Å²) in [4.78, 5) is 73.0. The van der Waals surface area contributed by atoms with Gasteiger partial charge in [-0.25, -0.2) is 9.13 Å². The summed E-state index contributed by atoms with van der Waals surface area (Å²) in [6.45, 7) is 4.43. The van der Waals surface area contributed by atoms with Crippen molar-refractivity contribution in [3.63, 3.8) is 0 Å². The fourth-order valence-electron chi connectivity index (χ4n) is 10.1. The highest BCUT2D eigenvalue weighted by Crippen LogP contribution is 2.45. The molecule has 0 aromatic heterocycles. The summed E-state index contributed by atoms with van der Waals surface area (Å²) in [5.74, 6) is -2.38. The summed E-state index contributed by atoms with van der Waals surface area (Å²) in [5, 5.41) is 10.6. The molecular formula is C87H142O17P2. The highest BCUT2D eigenvalue weighted by molar-refractivity contribution is 7.47. The number of hydrogen-bond acceptors (Lipinski definition) is 15. The van der Waals surface area contributed by atoms with Crippen LogP contribution in [-0.2, 0) is 65.4 Å². The molecule has 0 aliphatic carbocycles. The Kier molecular flexibility index (Phi) is 73.5. The Morgan fingerprint density at radius 3 is 0.877 bits per heavy atom. The van der Waals surface area contributed by atoms with Crippen LogP contribution in [0.4, 0.5) is 0 Å². The summed E-state index contributed by atoms with van der Waals surface area (Å²) in [7, 11) is -10.0. The van der Waals surface area contributed by atoms with Gasteiger partial charge >= 0.3 is 39.5 Å². The molecule has 0 aliphatic rings. The topological polar surface area (TPSA) is 237 Å². The number of carbonyl (C=O) groups is 4. The molecule has 17 nitrogen and oxygen atoms in total. The van der Waals surface area contributed by atoms with E-state index in [0.717, 1.165) is 148 Å². The van der Waals surface area contributed by atoms with Crippen molar-refractivity contribution in [1.29, 1.82) is 0 Å². The number of aliphatic hydroxyl groups is 1. The van der Waals surface area contributed by atoms with Crippen LogP contribution in [0.3, 0.4) is 0 Å². The zero-order chi connectivity index (χ0) is 77.4. The standard InChI is InChI=1S/C87H142O17P2/c1-5-9-13-17-21-25-29-33-37-39-40-42-45-48-52-56-60-64-68-72-85(90)98-78-83(104-87(92)74-70-66-62-58-54-50-46-41-38-34-30-26-22-18-14-10-6-2)80-102-106(95,96)100-76-81(88)75-99-105(93,94)101-79-82(103-86(91)73-69-65-61-57-53-49-44-36-32-28-24-20-16-12-8-4)77-97-84(89)71-67-63-59-55-51-47-43-35-31-27-23-19-15-11-7-3/h9-10,13-14,21-23,25-27,33-38,40,42-44,46,48,50,52,58,60,62,64,81-83,88H,5-8,11-12,15-20,24,28-32,39,41,45,47,49,51,53-57,59,61,63,65-80H2,1-4H3,(H,93,94)(H,95,96)/b13-9-,14-10-,25-21-,26-22-,27-23-,37-33-,38-34-,42-40-,43-35-,44-36-,50-46-,52-48-,62-58-,64-60-. The third-order valence-electron chi connectivity index (χ3n) is 16.2. The average Bonchev–Trinajstić information content (AvgIpc) is 0.902. The van der Waals surface area contributed by atoms with Crippen LogP contribution in [0.1, 0.15) is 297 Å². The first-order chi connectivity index (χ1) is 51.7. The third-order valence-corrected chi connectivity index (χ3v) is 18.1. The van der Waals surface area contributed by atoms with E-state index in [4.69, 9.17) is 37.0 Å². The fourth-order valence-corrected chi connectivity index (χ4v) is 11.6. The normalized spacial score (nSPS) is 14.7. The quantitative estimate of drug-likeness (QED) is 0.0169. The molecule has 0 aromatic carbocycles. The molecule has 0 bridgehead atoms. The zero-order valence-corrected chi connectivity index (χ0v) is 67.6. The van der Waals surface area contributed by atoms with Gasteiger partial charge in [-0.3, -0.25) is 37.3 Å². The predicted molar refractivity (Wildman–Crippen MR) is 436 cm³/mol. The highest BCUT2D eigenvalue weighted by atomic mass is 31.2. The minimum Gasteiger partial charge on any atom is -0.462 e. The second kappa shape index (κ2) is 77.6. The highest BCUT2D eigenvalue weighted by Gasteiger charge is 2.30. The first-order valence-electron chi connectivity index (χ1n) is 40.4. The molecule has 19 heteroatoms. The minimum absolute atomic E-state index is 0.00600. The number of phosphoric ester groups is 2. The van der Waals surface area contributed by atoms with Gasteiger partial charge in [0, 0.05) is 25.7 Å². The maximum absolute atomic E-state index is 13.1. The van der Waals surface area contributed by atoms with Gasteiger partial charge in [0.2, 0.25) is 0 Å². The molecule has 0 radical (unpaired) electrons. The van der Waals surface area contributed by atoms with Crippen LogP contribution in [0.2, 0.25) is 0 Å². The molecule has 0 rings (SSSR count). The molecule has 5 unspecified atom stereocenters. The van der Waals surface area contributed by atoms with Crippen LogP contribution in [0.25, 0.3) is 0 Å². The second-order valence-corrected chi connectivity index (χ2v) is 29.1. The van der Waals surface area contributed by atoms with Gasteiger partial charge in [0.1, 0.15) is 19.3 Å². The molecule has 5 atom stereocenters. The summed E-state index contributed by atoms with van der Waals surface area (Å²) in [6.07, 6.45) is 92.1. The van der Waals surface area contributed by atoms with E-state index in [1.807, 2.05) is 30.4 Å². The van der Waals surface area contributed by atoms with Gasteiger partial charge in [-0.1, -0.05) is 281 Å². The van der Waals surface area contributed by atoms with Gasteiger partial charge in [-0.2, -0.15) is 0 Å². The van der Waals surface area contributed by atoms with Crippen molar-refractivity contribution in [2.75, 3.05) is 39.6 Å².